The molecule has 0 spiro atoms. The van der Waals surface area contributed by atoms with E-state index in [0.717, 1.165) is 30.9 Å². The van der Waals surface area contributed by atoms with E-state index in [4.69, 9.17) is 4.74 Å². The van der Waals surface area contributed by atoms with Gasteiger partial charge in [-0.3, -0.25) is 9.89 Å². The minimum atomic E-state index is -0.231. The van der Waals surface area contributed by atoms with E-state index in [1.54, 1.807) is 20.2 Å². The lowest BCUT2D eigenvalue weighted by molar-refractivity contribution is 0.114. The van der Waals surface area contributed by atoms with Crippen molar-refractivity contribution in [2.75, 3.05) is 14.2 Å². The van der Waals surface area contributed by atoms with Crippen LogP contribution in [0.25, 0.3) is 0 Å². The molecule has 7 heteroatoms. The first-order chi connectivity index (χ1) is 15.2. The van der Waals surface area contributed by atoms with Crippen LogP contribution in [0, 0.1) is 5.82 Å². The quantitative estimate of drug-likeness (QED) is 0.303. The molecule has 2 aliphatic rings. The van der Waals surface area contributed by atoms with Crippen molar-refractivity contribution in [3.8, 4) is 0 Å². The molecule has 2 aromatic carbocycles. The molecule has 0 aromatic heterocycles. The van der Waals surface area contributed by atoms with Gasteiger partial charge in [-0.1, -0.05) is 36.4 Å². The Morgan fingerprint density at radius 2 is 1.81 bits per heavy atom. The predicted octanol–water partition coefficient (Wildman–Crippen LogP) is 4.45. The minimum Gasteiger partial charge on any atom is -0.380 e. The van der Waals surface area contributed by atoms with E-state index in [1.165, 1.54) is 24.5 Å². The van der Waals surface area contributed by atoms with Gasteiger partial charge in [0, 0.05) is 50.9 Å². The highest BCUT2D eigenvalue weighted by Gasteiger charge is 2.40. The summed E-state index contributed by atoms with van der Waals surface area (Å²) in [7, 11) is 3.38. The zero-order chi connectivity index (χ0) is 21.6. The molecule has 0 amide bonds. The number of hydrogen-bond acceptors (Lipinski definition) is 3. The highest BCUT2D eigenvalue weighted by molar-refractivity contribution is 14.0. The third kappa shape index (κ3) is 6.20. The lowest BCUT2D eigenvalue weighted by Crippen LogP contribution is -2.52. The van der Waals surface area contributed by atoms with Crippen molar-refractivity contribution < 1.29 is 9.13 Å². The smallest absolute Gasteiger partial charge is 0.191 e. The van der Waals surface area contributed by atoms with Crippen molar-refractivity contribution >= 4 is 29.9 Å². The third-order valence-electron chi connectivity index (χ3n) is 6.53. The van der Waals surface area contributed by atoms with Gasteiger partial charge >= 0.3 is 0 Å². The maximum atomic E-state index is 13.8. The monoisotopic (exact) mass is 552 g/mol. The van der Waals surface area contributed by atoms with E-state index in [0.29, 0.717) is 30.2 Å². The summed E-state index contributed by atoms with van der Waals surface area (Å²) in [5.74, 6) is 0.573. The second-order valence-electron chi connectivity index (χ2n) is 8.64. The van der Waals surface area contributed by atoms with E-state index >= 15 is 0 Å². The van der Waals surface area contributed by atoms with Crippen LogP contribution in [0.1, 0.15) is 42.4 Å². The third-order valence-corrected chi connectivity index (χ3v) is 6.53. The first-order valence-electron chi connectivity index (χ1n) is 11.2. The number of nitrogens with one attached hydrogen (secondary N) is 2. The Kier molecular flexibility index (Phi) is 9.31. The fourth-order valence-corrected chi connectivity index (χ4v) is 5.02. The molecular weight excluding hydrogens is 518 g/mol. The molecule has 4 rings (SSSR count). The highest BCUT2D eigenvalue weighted by atomic mass is 127. The second-order valence-corrected chi connectivity index (χ2v) is 8.64. The molecule has 2 aliphatic heterocycles. The van der Waals surface area contributed by atoms with Crippen LogP contribution >= 0.6 is 24.0 Å². The number of halogens is 2. The largest absolute Gasteiger partial charge is 0.380 e. The molecule has 2 heterocycles. The first kappa shape index (κ1) is 24.9. The second kappa shape index (κ2) is 12.0. The van der Waals surface area contributed by atoms with Crippen LogP contribution in [0.15, 0.2) is 53.5 Å². The molecule has 2 aromatic rings. The molecule has 0 radical (unpaired) electrons. The van der Waals surface area contributed by atoms with Crippen LogP contribution in [0.3, 0.4) is 0 Å². The van der Waals surface area contributed by atoms with Crippen LogP contribution in [-0.4, -0.2) is 43.1 Å². The lowest BCUT2D eigenvalue weighted by Gasteiger charge is -2.39. The number of ether oxygens (including phenoxy) is 1. The van der Waals surface area contributed by atoms with E-state index in [1.807, 2.05) is 6.07 Å². The van der Waals surface area contributed by atoms with Crippen molar-refractivity contribution in [3.63, 3.8) is 0 Å². The zero-order valence-corrected chi connectivity index (χ0v) is 21.2. The molecular formula is C25H34FIN4O. The van der Waals surface area contributed by atoms with E-state index < -0.39 is 0 Å². The number of nitrogens with zero attached hydrogens (tertiary/aromatic N) is 2. The minimum absolute atomic E-state index is 0. The molecule has 32 heavy (non-hydrogen) atoms. The summed E-state index contributed by atoms with van der Waals surface area (Å²) in [6.45, 7) is 1.91. The predicted molar refractivity (Wildman–Crippen MR) is 138 cm³/mol. The number of benzene rings is 2. The molecule has 0 saturated carbocycles. The Balaban J connectivity index is 0.00000289. The number of rotatable bonds is 7. The molecule has 2 bridgehead atoms. The normalized spacial score (nSPS) is 23.0. The Hall–Kier alpha value is -1.71. The number of aliphatic imine (C=N–C) groups is 1. The van der Waals surface area contributed by atoms with Crippen molar-refractivity contribution in [1.29, 1.82) is 0 Å². The van der Waals surface area contributed by atoms with Gasteiger partial charge in [0.15, 0.2) is 5.96 Å². The van der Waals surface area contributed by atoms with Crippen molar-refractivity contribution in [2.45, 2.75) is 63.5 Å². The van der Waals surface area contributed by atoms with Crippen LogP contribution in [0.2, 0.25) is 0 Å². The summed E-state index contributed by atoms with van der Waals surface area (Å²) in [6.07, 6.45) is 4.83. The van der Waals surface area contributed by atoms with E-state index in [9.17, 15) is 4.39 Å². The first-order valence-corrected chi connectivity index (χ1v) is 11.2. The van der Waals surface area contributed by atoms with Crippen molar-refractivity contribution in [3.05, 3.63) is 71.0 Å². The Morgan fingerprint density at radius 1 is 1.09 bits per heavy atom. The van der Waals surface area contributed by atoms with Crippen molar-refractivity contribution in [2.24, 2.45) is 4.99 Å². The molecule has 2 unspecified atom stereocenters. The van der Waals surface area contributed by atoms with Gasteiger partial charge in [-0.2, -0.15) is 0 Å². The topological polar surface area (TPSA) is 48.9 Å². The average Bonchev–Trinajstić information content (AvgIpc) is 3.01. The average molecular weight is 552 g/mol. The van der Waals surface area contributed by atoms with Crippen molar-refractivity contribution in [1.82, 2.24) is 15.5 Å². The summed E-state index contributed by atoms with van der Waals surface area (Å²) in [6, 6.07) is 17.6. The van der Waals surface area contributed by atoms with Crippen LogP contribution < -0.4 is 10.6 Å². The summed E-state index contributed by atoms with van der Waals surface area (Å²) in [5, 5.41) is 7.01. The molecule has 5 nitrogen and oxygen atoms in total. The maximum Gasteiger partial charge on any atom is 0.191 e. The summed E-state index contributed by atoms with van der Waals surface area (Å²) in [5.41, 5.74) is 2.98. The Morgan fingerprint density at radius 3 is 2.47 bits per heavy atom. The van der Waals surface area contributed by atoms with Crippen LogP contribution in [-0.2, 0) is 24.4 Å². The van der Waals surface area contributed by atoms with E-state index in [2.05, 4.69) is 50.9 Å². The number of hydrogen-bond donors (Lipinski definition) is 2. The van der Waals surface area contributed by atoms with E-state index in [-0.39, 0.29) is 36.4 Å². The molecule has 174 valence electrons. The number of guanidine groups is 1. The van der Waals surface area contributed by atoms with Crippen LogP contribution in [0.5, 0.6) is 0 Å². The van der Waals surface area contributed by atoms with Gasteiger partial charge in [0.1, 0.15) is 5.82 Å². The summed E-state index contributed by atoms with van der Waals surface area (Å²) < 4.78 is 18.9. The van der Waals surface area contributed by atoms with Gasteiger partial charge in [0.2, 0.25) is 0 Å². The van der Waals surface area contributed by atoms with Gasteiger partial charge < -0.3 is 15.4 Å². The van der Waals surface area contributed by atoms with Gasteiger partial charge in [-0.15, -0.1) is 24.0 Å². The van der Waals surface area contributed by atoms with Gasteiger partial charge in [-0.25, -0.2) is 4.39 Å². The summed E-state index contributed by atoms with van der Waals surface area (Å²) >= 11 is 0. The number of piperidine rings is 1. The van der Waals surface area contributed by atoms with Gasteiger partial charge in [-0.05, 0) is 48.9 Å². The molecule has 0 aliphatic carbocycles. The van der Waals surface area contributed by atoms with Gasteiger partial charge in [0.25, 0.3) is 0 Å². The molecule has 2 N–H and O–H groups in total. The summed E-state index contributed by atoms with van der Waals surface area (Å²) in [4.78, 5) is 7.11. The van der Waals surface area contributed by atoms with Crippen LogP contribution in [0.4, 0.5) is 4.39 Å². The number of fused-ring (bicyclic) bond motifs is 2. The Labute approximate surface area is 207 Å². The highest BCUT2D eigenvalue weighted by Crippen LogP contribution is 2.36. The zero-order valence-electron chi connectivity index (χ0n) is 18.9. The molecule has 2 atom stereocenters. The standard InChI is InChI=1S/C25H33FN4O.HI/c1-27-25(28-15-19-8-11-24(26)20(12-19)17-31-2)29-21-13-22-9-10-23(14-21)30(22)16-18-6-4-3-5-7-18;/h3-8,11-12,21-23H,9-10,13-17H2,1-2H3,(H2,27,28,29);1H. The maximum absolute atomic E-state index is 13.8. The molecule has 2 fully saturated rings. The fraction of sp³-hybridized carbons (Fsp3) is 0.480. The van der Waals surface area contributed by atoms with Gasteiger partial charge in [0.05, 0.1) is 6.61 Å². The Bertz CT molecular complexity index is 881. The molecule has 2 saturated heterocycles. The fourth-order valence-electron chi connectivity index (χ4n) is 5.02. The number of methoxy groups -OCH3 is 1. The SMILES string of the molecule is CN=C(NCc1ccc(F)c(COC)c1)NC1CC2CCC(C1)N2Cc1ccccc1.I. The lowest BCUT2D eigenvalue weighted by atomic mass is 9.96.